The standard InChI is InChI=1S/C26H16ClN2S/c27-23-11-5-4-9-20(23)17-21-10-6-16-29-18-24(28-26(21)29)25-15-14-22(30-25)13-12-19-7-2-1-3-8-19/h1-11,14-16H,17H2. The van der Waals surface area contributed by atoms with E-state index in [0.717, 1.165) is 49.2 Å². The van der Waals surface area contributed by atoms with Crippen molar-refractivity contribution in [3.8, 4) is 22.4 Å². The number of aromatic nitrogens is 2. The number of imidazole rings is 1. The van der Waals surface area contributed by atoms with Crippen LogP contribution >= 0.6 is 22.9 Å². The lowest BCUT2D eigenvalue weighted by molar-refractivity contribution is 1.11. The summed E-state index contributed by atoms with van der Waals surface area (Å²) in [6.45, 7) is 0. The van der Waals surface area contributed by atoms with Crippen LogP contribution < -0.4 is 0 Å². The largest absolute Gasteiger partial charge is 0.297 e. The number of rotatable bonds is 3. The van der Waals surface area contributed by atoms with Crippen molar-refractivity contribution in [2.75, 3.05) is 0 Å². The minimum Gasteiger partial charge on any atom is -0.297 e. The average Bonchev–Trinajstić information content (AvgIpc) is 3.42. The molecule has 0 unspecified atom stereocenters. The van der Waals surface area contributed by atoms with Gasteiger partial charge in [-0.25, -0.2) is 4.98 Å². The quantitative estimate of drug-likeness (QED) is 0.302. The average molecular weight is 424 g/mol. The molecule has 0 spiro atoms. The Labute approximate surface area is 184 Å². The smallest absolute Gasteiger partial charge is 0.141 e. The topological polar surface area (TPSA) is 17.3 Å². The van der Waals surface area contributed by atoms with Gasteiger partial charge in [-0.2, -0.15) is 0 Å². The second-order valence-electron chi connectivity index (χ2n) is 6.85. The van der Waals surface area contributed by atoms with E-state index in [2.05, 4.69) is 36.2 Å². The van der Waals surface area contributed by atoms with Gasteiger partial charge in [-0.15, -0.1) is 11.3 Å². The van der Waals surface area contributed by atoms with Crippen molar-refractivity contribution in [2.45, 2.75) is 6.42 Å². The van der Waals surface area contributed by atoms with E-state index in [-0.39, 0.29) is 0 Å². The van der Waals surface area contributed by atoms with Crippen LogP contribution in [0.25, 0.3) is 16.2 Å². The molecule has 0 aliphatic rings. The van der Waals surface area contributed by atoms with Crippen molar-refractivity contribution in [3.63, 3.8) is 0 Å². The van der Waals surface area contributed by atoms with Crippen LogP contribution in [0, 0.1) is 18.0 Å². The Kier molecular flexibility index (Phi) is 5.11. The molecule has 30 heavy (non-hydrogen) atoms. The summed E-state index contributed by atoms with van der Waals surface area (Å²) in [5.41, 5.74) is 4.95. The Bertz CT molecular complexity index is 1390. The molecule has 0 aliphatic heterocycles. The number of hydrogen-bond acceptors (Lipinski definition) is 2. The maximum absolute atomic E-state index is 6.36. The van der Waals surface area contributed by atoms with Gasteiger partial charge in [0.05, 0.1) is 9.75 Å². The van der Waals surface area contributed by atoms with E-state index < -0.39 is 0 Å². The molecule has 3 aromatic heterocycles. The number of pyridine rings is 1. The van der Waals surface area contributed by atoms with Crippen LogP contribution in [-0.2, 0) is 6.42 Å². The van der Waals surface area contributed by atoms with Crippen LogP contribution in [0.15, 0.2) is 85.1 Å². The van der Waals surface area contributed by atoms with Crippen LogP contribution in [0.1, 0.15) is 21.6 Å². The van der Waals surface area contributed by atoms with Gasteiger partial charge < -0.3 is 0 Å². The highest BCUT2D eigenvalue weighted by Gasteiger charge is 2.12. The van der Waals surface area contributed by atoms with Crippen LogP contribution in [0.3, 0.4) is 0 Å². The molecular formula is C26H16ClN2S. The number of thiophene rings is 1. The fourth-order valence-electron chi connectivity index (χ4n) is 3.29. The third kappa shape index (κ3) is 3.89. The van der Waals surface area contributed by atoms with Gasteiger partial charge >= 0.3 is 0 Å². The molecule has 0 atom stereocenters. The fourth-order valence-corrected chi connectivity index (χ4v) is 4.29. The zero-order chi connectivity index (χ0) is 20.3. The predicted octanol–water partition coefficient (Wildman–Crippen LogP) is 6.51. The molecule has 143 valence electrons. The maximum Gasteiger partial charge on any atom is 0.141 e. The Balaban J connectivity index is 1.46. The molecule has 0 bridgehead atoms. The minimum atomic E-state index is 0.729. The third-order valence-corrected chi connectivity index (χ3v) is 6.15. The minimum absolute atomic E-state index is 0.729. The van der Waals surface area contributed by atoms with E-state index in [1.165, 1.54) is 0 Å². The predicted molar refractivity (Wildman–Crippen MR) is 124 cm³/mol. The summed E-state index contributed by atoms with van der Waals surface area (Å²) in [6.07, 6.45) is 6.08. The van der Waals surface area contributed by atoms with Crippen molar-refractivity contribution in [1.82, 2.24) is 9.38 Å². The van der Waals surface area contributed by atoms with Crippen molar-refractivity contribution >= 4 is 28.6 Å². The van der Waals surface area contributed by atoms with Gasteiger partial charge in [-0.1, -0.05) is 65.9 Å². The van der Waals surface area contributed by atoms with E-state index in [9.17, 15) is 0 Å². The lowest BCUT2D eigenvalue weighted by Gasteiger charge is -2.05. The van der Waals surface area contributed by atoms with Crippen LogP contribution in [0.5, 0.6) is 0 Å². The Morgan fingerprint density at radius 1 is 0.867 bits per heavy atom. The van der Waals surface area contributed by atoms with Gasteiger partial charge in [0.25, 0.3) is 0 Å². The first-order valence-corrected chi connectivity index (χ1v) is 10.8. The molecule has 0 saturated carbocycles. The van der Waals surface area contributed by atoms with Crippen LogP contribution in [-0.4, -0.2) is 9.38 Å². The summed E-state index contributed by atoms with van der Waals surface area (Å²) in [5, 5.41) is 0.773. The molecule has 0 amide bonds. The van der Waals surface area contributed by atoms with Gasteiger partial charge in [0.2, 0.25) is 0 Å². The first kappa shape index (κ1) is 18.7. The summed E-state index contributed by atoms with van der Waals surface area (Å²) < 4.78 is 1.95. The van der Waals surface area contributed by atoms with E-state index in [1.54, 1.807) is 11.3 Å². The molecule has 0 aliphatic carbocycles. The Hall–Kier alpha value is -3.32. The fraction of sp³-hybridized carbons (Fsp3) is 0.0385. The summed E-state index contributed by atoms with van der Waals surface area (Å²) in [4.78, 5) is 6.93. The van der Waals surface area contributed by atoms with Gasteiger partial charge in [0, 0.05) is 23.2 Å². The van der Waals surface area contributed by atoms with Crippen molar-refractivity contribution in [2.24, 2.45) is 0 Å². The van der Waals surface area contributed by atoms with Crippen LogP contribution in [0.4, 0.5) is 0 Å². The second-order valence-corrected chi connectivity index (χ2v) is 8.34. The van der Waals surface area contributed by atoms with E-state index in [1.807, 2.05) is 71.3 Å². The zero-order valence-electron chi connectivity index (χ0n) is 16.0. The number of benzene rings is 2. The molecule has 5 rings (SSSR count). The highest BCUT2D eigenvalue weighted by Crippen LogP contribution is 2.28. The van der Waals surface area contributed by atoms with E-state index in [0.29, 0.717) is 0 Å². The summed E-state index contributed by atoms with van der Waals surface area (Å²) in [5.74, 6) is 6.45. The summed E-state index contributed by atoms with van der Waals surface area (Å²) in [7, 11) is 0. The number of nitrogens with zero attached hydrogens (tertiary/aromatic N) is 2. The molecule has 2 nitrogen and oxygen atoms in total. The van der Waals surface area contributed by atoms with Crippen LogP contribution in [0.2, 0.25) is 5.02 Å². The van der Waals surface area contributed by atoms with E-state index >= 15 is 0 Å². The van der Waals surface area contributed by atoms with Crippen molar-refractivity contribution in [3.05, 3.63) is 118 Å². The normalized spacial score (nSPS) is 10.7. The zero-order valence-corrected chi connectivity index (χ0v) is 17.5. The summed E-state index contributed by atoms with van der Waals surface area (Å²) in [6, 6.07) is 26.1. The van der Waals surface area contributed by atoms with Crippen molar-refractivity contribution < 1.29 is 0 Å². The second kappa shape index (κ2) is 8.20. The first-order valence-electron chi connectivity index (χ1n) is 9.56. The SMILES string of the molecule is Clc1ccccc1Cc1cccn2[c]c(-c3ccc(C#Cc4ccccc4)s3)nc12. The Morgan fingerprint density at radius 3 is 2.53 bits per heavy atom. The van der Waals surface area contributed by atoms with Gasteiger partial charge in [0.1, 0.15) is 17.5 Å². The first-order chi connectivity index (χ1) is 14.8. The number of halogens is 1. The molecule has 0 fully saturated rings. The highest BCUT2D eigenvalue weighted by molar-refractivity contribution is 7.16. The summed E-state index contributed by atoms with van der Waals surface area (Å²) >= 11 is 7.99. The maximum atomic E-state index is 6.36. The van der Waals surface area contributed by atoms with E-state index in [4.69, 9.17) is 16.6 Å². The lowest BCUT2D eigenvalue weighted by atomic mass is 10.1. The van der Waals surface area contributed by atoms with Gasteiger partial charge in [0.15, 0.2) is 0 Å². The molecule has 0 N–H and O–H groups in total. The molecule has 5 aromatic rings. The molecule has 1 radical (unpaired) electrons. The molecule has 4 heteroatoms. The highest BCUT2D eigenvalue weighted by atomic mass is 35.5. The molecule has 3 heterocycles. The third-order valence-electron chi connectivity index (χ3n) is 4.77. The monoisotopic (exact) mass is 423 g/mol. The van der Waals surface area contributed by atoms with Gasteiger partial charge in [-0.05, 0) is 47.5 Å². The molecule has 0 saturated heterocycles. The number of fused-ring (bicyclic) bond motifs is 1. The van der Waals surface area contributed by atoms with Crippen molar-refractivity contribution in [1.29, 1.82) is 0 Å². The lowest BCUT2D eigenvalue weighted by Crippen LogP contribution is -1.94. The molecule has 2 aromatic carbocycles. The van der Waals surface area contributed by atoms with Gasteiger partial charge in [-0.3, -0.25) is 4.40 Å². The Morgan fingerprint density at radius 2 is 1.67 bits per heavy atom. The molecular weight excluding hydrogens is 408 g/mol. The number of hydrogen-bond donors (Lipinski definition) is 0.